The second-order valence-electron chi connectivity index (χ2n) is 7.88. The summed E-state index contributed by atoms with van der Waals surface area (Å²) in [6, 6.07) is 25.4. The molecule has 5 rings (SSSR count). The Morgan fingerprint density at radius 2 is 1.47 bits per heavy atom. The Labute approximate surface area is 204 Å². The van der Waals surface area contributed by atoms with Gasteiger partial charge in [0.25, 0.3) is 23.4 Å². The highest BCUT2D eigenvalue weighted by molar-refractivity contribution is 6.34. The molecule has 1 aliphatic heterocycles. The highest BCUT2D eigenvalue weighted by Gasteiger charge is 2.37. The molecule has 0 aromatic heterocycles. The molecule has 9 heteroatoms. The van der Waals surface area contributed by atoms with E-state index in [1.807, 2.05) is 30.3 Å². The van der Waals surface area contributed by atoms with E-state index in [2.05, 4.69) is 5.32 Å². The molecule has 0 saturated carbocycles. The van der Waals surface area contributed by atoms with E-state index >= 15 is 0 Å². The van der Waals surface area contributed by atoms with E-state index in [0.717, 1.165) is 4.90 Å². The van der Waals surface area contributed by atoms with Crippen LogP contribution in [0.4, 0.5) is 17.1 Å². The van der Waals surface area contributed by atoms with Gasteiger partial charge in [0.2, 0.25) is 0 Å². The van der Waals surface area contributed by atoms with Crippen molar-refractivity contribution in [2.24, 2.45) is 0 Å². The van der Waals surface area contributed by atoms with Gasteiger partial charge >= 0.3 is 0 Å². The number of imide groups is 1. The number of non-ortho nitro benzene ring substituents is 1. The first kappa shape index (κ1) is 22.5. The number of nitrogens with one attached hydrogen (secondary N) is 1. The Hall–Kier alpha value is -5.31. The third-order valence-electron chi connectivity index (χ3n) is 5.54. The van der Waals surface area contributed by atoms with Crippen LogP contribution in [-0.4, -0.2) is 22.6 Å². The molecule has 0 fully saturated rings. The quantitative estimate of drug-likeness (QED) is 0.223. The summed E-state index contributed by atoms with van der Waals surface area (Å²) in [5, 5.41) is 13.5. The number of hydrogen-bond donors (Lipinski definition) is 1. The smallest absolute Gasteiger partial charge is 0.271 e. The lowest BCUT2D eigenvalue weighted by Gasteiger charge is -2.14. The normalized spacial score (nSPS) is 12.3. The van der Waals surface area contributed by atoms with Crippen molar-refractivity contribution < 1.29 is 24.0 Å². The molecule has 4 aromatic carbocycles. The number of rotatable bonds is 6. The number of anilines is 2. The van der Waals surface area contributed by atoms with Gasteiger partial charge in [-0.25, -0.2) is 4.90 Å². The molecule has 0 aliphatic carbocycles. The van der Waals surface area contributed by atoms with Crippen LogP contribution in [-0.2, 0) is 0 Å². The van der Waals surface area contributed by atoms with Crippen LogP contribution in [0.25, 0.3) is 0 Å². The molecule has 0 unspecified atom stereocenters. The van der Waals surface area contributed by atoms with Gasteiger partial charge in [0.05, 0.1) is 21.7 Å². The van der Waals surface area contributed by atoms with Gasteiger partial charge in [0.1, 0.15) is 11.5 Å². The summed E-state index contributed by atoms with van der Waals surface area (Å²) in [6.45, 7) is 0. The standard InChI is InChI=1S/C27H17N3O6/c31-25(28-18-5-4-6-20(16-18)30(34)35)17-9-14-23-24(15-17)27(33)29(26(23)32)19-10-12-22(13-11-19)36-21-7-2-1-3-8-21/h1-16H,(H,28,31). The largest absolute Gasteiger partial charge is 0.457 e. The van der Waals surface area contributed by atoms with Crippen LogP contribution in [0.3, 0.4) is 0 Å². The molecule has 0 radical (unpaired) electrons. The van der Waals surface area contributed by atoms with Crippen LogP contribution in [0.5, 0.6) is 11.5 Å². The Bertz CT molecular complexity index is 1520. The van der Waals surface area contributed by atoms with Crippen molar-refractivity contribution in [3.8, 4) is 11.5 Å². The van der Waals surface area contributed by atoms with Gasteiger partial charge in [-0.2, -0.15) is 0 Å². The van der Waals surface area contributed by atoms with Crippen LogP contribution in [0, 0.1) is 10.1 Å². The van der Waals surface area contributed by atoms with E-state index < -0.39 is 22.6 Å². The second-order valence-corrected chi connectivity index (χ2v) is 7.88. The van der Waals surface area contributed by atoms with Crippen LogP contribution in [0.2, 0.25) is 0 Å². The maximum Gasteiger partial charge on any atom is 0.271 e. The molecule has 1 heterocycles. The van der Waals surface area contributed by atoms with Crippen LogP contribution in [0.15, 0.2) is 97.1 Å². The Balaban J connectivity index is 1.35. The highest BCUT2D eigenvalue weighted by atomic mass is 16.6. The van der Waals surface area contributed by atoms with E-state index in [1.54, 1.807) is 24.3 Å². The maximum absolute atomic E-state index is 13.1. The Morgan fingerprint density at radius 1 is 0.778 bits per heavy atom. The molecule has 1 aliphatic rings. The van der Waals surface area contributed by atoms with Crippen LogP contribution < -0.4 is 15.0 Å². The molecular weight excluding hydrogens is 462 g/mol. The van der Waals surface area contributed by atoms with Gasteiger partial charge in [-0.1, -0.05) is 24.3 Å². The highest BCUT2D eigenvalue weighted by Crippen LogP contribution is 2.31. The summed E-state index contributed by atoms with van der Waals surface area (Å²) in [6.07, 6.45) is 0. The number of carbonyl (C=O) groups is 3. The monoisotopic (exact) mass is 479 g/mol. The third-order valence-corrected chi connectivity index (χ3v) is 5.54. The van der Waals surface area contributed by atoms with Crippen molar-refractivity contribution in [3.05, 3.63) is 124 Å². The fourth-order valence-electron chi connectivity index (χ4n) is 3.80. The van der Waals surface area contributed by atoms with Crippen molar-refractivity contribution in [1.29, 1.82) is 0 Å². The molecule has 0 atom stereocenters. The molecule has 9 nitrogen and oxygen atoms in total. The molecule has 0 spiro atoms. The first-order chi connectivity index (χ1) is 17.4. The van der Waals surface area contributed by atoms with Gasteiger partial charge in [0.15, 0.2) is 0 Å². The number of nitro benzene ring substituents is 1. The predicted molar refractivity (Wildman–Crippen MR) is 132 cm³/mol. The van der Waals surface area contributed by atoms with Crippen LogP contribution in [0.1, 0.15) is 31.1 Å². The number of nitro groups is 1. The lowest BCUT2D eigenvalue weighted by atomic mass is 10.1. The molecule has 0 bridgehead atoms. The first-order valence-corrected chi connectivity index (χ1v) is 10.8. The van der Waals surface area contributed by atoms with Crippen molar-refractivity contribution in [1.82, 2.24) is 0 Å². The van der Waals surface area contributed by atoms with E-state index in [4.69, 9.17) is 4.74 Å². The number of carbonyl (C=O) groups excluding carboxylic acids is 3. The molecule has 36 heavy (non-hydrogen) atoms. The lowest BCUT2D eigenvalue weighted by Crippen LogP contribution is -2.29. The number of benzene rings is 4. The predicted octanol–water partition coefficient (Wildman–Crippen LogP) is 5.44. The zero-order chi connectivity index (χ0) is 25.2. The summed E-state index contributed by atoms with van der Waals surface area (Å²) < 4.78 is 5.75. The topological polar surface area (TPSA) is 119 Å². The van der Waals surface area contributed by atoms with Crippen LogP contribution >= 0.6 is 0 Å². The molecule has 1 N–H and O–H groups in total. The maximum atomic E-state index is 13.1. The van der Waals surface area contributed by atoms with Crippen molar-refractivity contribution >= 4 is 34.8 Å². The second kappa shape index (κ2) is 9.15. The number of hydrogen-bond acceptors (Lipinski definition) is 6. The first-order valence-electron chi connectivity index (χ1n) is 10.8. The minimum absolute atomic E-state index is 0.0938. The van der Waals surface area contributed by atoms with E-state index in [1.165, 1.54) is 42.5 Å². The zero-order valence-corrected chi connectivity index (χ0v) is 18.6. The minimum Gasteiger partial charge on any atom is -0.457 e. The van der Waals surface area contributed by atoms with E-state index in [0.29, 0.717) is 17.2 Å². The number of nitrogens with zero attached hydrogens (tertiary/aromatic N) is 2. The zero-order valence-electron chi connectivity index (χ0n) is 18.6. The summed E-state index contributed by atoms with van der Waals surface area (Å²) >= 11 is 0. The van der Waals surface area contributed by atoms with Gasteiger partial charge in [0, 0.05) is 23.4 Å². The molecule has 176 valence electrons. The molecule has 0 saturated heterocycles. The molecule has 3 amide bonds. The summed E-state index contributed by atoms with van der Waals surface area (Å²) in [5.41, 5.74) is 0.835. The minimum atomic E-state index is -0.570. The third kappa shape index (κ3) is 4.28. The van der Waals surface area contributed by atoms with Gasteiger partial charge in [-0.05, 0) is 60.7 Å². The average Bonchev–Trinajstić information content (AvgIpc) is 3.14. The lowest BCUT2D eigenvalue weighted by molar-refractivity contribution is -0.384. The van der Waals surface area contributed by atoms with Gasteiger partial charge < -0.3 is 10.1 Å². The number of ether oxygens (including phenoxy) is 1. The number of amides is 3. The van der Waals surface area contributed by atoms with Gasteiger partial charge in [-0.3, -0.25) is 24.5 Å². The van der Waals surface area contributed by atoms with Crippen molar-refractivity contribution in [2.75, 3.05) is 10.2 Å². The summed E-state index contributed by atoms with van der Waals surface area (Å²) in [4.78, 5) is 50.2. The fourth-order valence-corrected chi connectivity index (χ4v) is 3.80. The Kier molecular flexibility index (Phi) is 5.71. The molecular formula is C27H17N3O6. The summed E-state index contributed by atoms with van der Waals surface area (Å²) in [5.74, 6) is -0.433. The molecule has 4 aromatic rings. The SMILES string of the molecule is O=C(Nc1cccc([N+](=O)[O-])c1)c1ccc2c(c1)C(=O)N(c1ccc(Oc3ccccc3)cc1)C2=O. The Morgan fingerprint density at radius 3 is 2.19 bits per heavy atom. The average molecular weight is 479 g/mol. The summed E-state index contributed by atoms with van der Waals surface area (Å²) in [7, 11) is 0. The number of fused-ring (bicyclic) bond motifs is 1. The van der Waals surface area contributed by atoms with Gasteiger partial charge in [-0.15, -0.1) is 0 Å². The van der Waals surface area contributed by atoms with E-state index in [-0.39, 0.29) is 28.1 Å². The van der Waals surface area contributed by atoms with Crippen molar-refractivity contribution in [2.45, 2.75) is 0 Å². The van der Waals surface area contributed by atoms with Crippen molar-refractivity contribution in [3.63, 3.8) is 0 Å². The number of para-hydroxylation sites is 1. The van der Waals surface area contributed by atoms with E-state index in [9.17, 15) is 24.5 Å². The fraction of sp³-hybridized carbons (Fsp3) is 0.